The second-order valence-electron chi connectivity index (χ2n) is 6.51. The minimum absolute atomic E-state index is 0.0205. The lowest BCUT2D eigenvalue weighted by Crippen LogP contribution is -2.39. The number of hydrogen-bond donors (Lipinski definition) is 4. The fourth-order valence-corrected chi connectivity index (χ4v) is 2.94. The Kier molecular flexibility index (Phi) is 6.05. The average Bonchev–Trinajstić information content (AvgIpc) is 2.95. The molecule has 6 N–H and O–H groups in total. The Bertz CT molecular complexity index is 874. The normalized spacial score (nSPS) is 25.4. The Morgan fingerprint density at radius 1 is 1.25 bits per heavy atom. The van der Waals surface area contributed by atoms with Crippen molar-refractivity contribution < 1.29 is 24.5 Å². The van der Waals surface area contributed by atoms with Crippen LogP contribution in [0.3, 0.4) is 0 Å². The number of carbonyl (C=O) groups is 1. The van der Waals surface area contributed by atoms with E-state index in [0.717, 1.165) is 10.1 Å². The summed E-state index contributed by atoms with van der Waals surface area (Å²) in [6, 6.07) is 9.70. The summed E-state index contributed by atoms with van der Waals surface area (Å²) in [5, 5.41) is 20.3. The molecule has 10 nitrogen and oxygen atoms in total. The molecule has 1 fully saturated rings. The van der Waals surface area contributed by atoms with Crippen molar-refractivity contribution in [3.8, 4) is 0 Å². The Morgan fingerprint density at radius 2 is 1.96 bits per heavy atom. The molecule has 1 aromatic heterocycles. The van der Waals surface area contributed by atoms with Gasteiger partial charge in [0.15, 0.2) is 6.23 Å². The zero-order chi connectivity index (χ0) is 20.3. The molecule has 3 rings (SSSR count). The second kappa shape index (κ2) is 8.48. The van der Waals surface area contributed by atoms with Gasteiger partial charge >= 0.3 is 11.7 Å². The maximum absolute atomic E-state index is 12.1. The number of aromatic nitrogens is 2. The van der Waals surface area contributed by atoms with E-state index >= 15 is 0 Å². The molecular formula is C18H22N4O6. The number of anilines is 1. The molecule has 0 aliphatic carbocycles. The third-order valence-electron chi connectivity index (χ3n) is 4.45. The molecule has 5 atom stereocenters. The van der Waals surface area contributed by atoms with Crippen molar-refractivity contribution in [3.63, 3.8) is 0 Å². The van der Waals surface area contributed by atoms with E-state index in [1.165, 1.54) is 12.3 Å². The van der Waals surface area contributed by atoms with E-state index in [0.29, 0.717) is 6.42 Å². The lowest BCUT2D eigenvalue weighted by molar-refractivity contribution is -0.151. The number of nitrogen functional groups attached to an aromatic ring is 1. The average molecular weight is 390 g/mol. The number of carbonyl (C=O) groups excluding carboxylic acids is 1. The third kappa shape index (κ3) is 4.37. The van der Waals surface area contributed by atoms with Crippen LogP contribution in [0.25, 0.3) is 0 Å². The molecule has 1 unspecified atom stereocenters. The van der Waals surface area contributed by atoms with Gasteiger partial charge in [0.2, 0.25) is 0 Å². The monoisotopic (exact) mass is 390 g/mol. The van der Waals surface area contributed by atoms with Crippen LogP contribution in [0.5, 0.6) is 0 Å². The van der Waals surface area contributed by atoms with Crippen molar-refractivity contribution in [3.05, 3.63) is 58.6 Å². The van der Waals surface area contributed by atoms with Crippen LogP contribution in [-0.2, 0) is 20.7 Å². The molecular weight excluding hydrogens is 368 g/mol. The molecule has 1 aromatic carbocycles. The summed E-state index contributed by atoms with van der Waals surface area (Å²) >= 11 is 0. The van der Waals surface area contributed by atoms with Crippen LogP contribution >= 0.6 is 0 Å². The van der Waals surface area contributed by atoms with Crippen molar-refractivity contribution in [1.82, 2.24) is 9.55 Å². The van der Waals surface area contributed by atoms with Crippen molar-refractivity contribution in [2.45, 2.75) is 37.0 Å². The van der Waals surface area contributed by atoms with Gasteiger partial charge in [0.25, 0.3) is 0 Å². The van der Waals surface area contributed by atoms with Crippen molar-refractivity contribution >= 4 is 11.8 Å². The summed E-state index contributed by atoms with van der Waals surface area (Å²) in [4.78, 5) is 27.6. The number of hydrogen-bond acceptors (Lipinski definition) is 9. The fourth-order valence-electron chi connectivity index (χ4n) is 2.94. The molecule has 0 radical (unpaired) electrons. The highest BCUT2D eigenvalue weighted by atomic mass is 16.6. The van der Waals surface area contributed by atoms with Crippen molar-refractivity contribution in [1.29, 1.82) is 0 Å². The lowest BCUT2D eigenvalue weighted by Gasteiger charge is -2.17. The smallest absolute Gasteiger partial charge is 0.351 e. The van der Waals surface area contributed by atoms with Gasteiger partial charge in [0.05, 0.1) is 0 Å². The molecule has 10 heteroatoms. The van der Waals surface area contributed by atoms with Gasteiger partial charge in [-0.15, -0.1) is 0 Å². The molecule has 1 aliphatic rings. The number of ether oxygens (including phenoxy) is 2. The first-order valence-electron chi connectivity index (χ1n) is 8.69. The minimum atomic E-state index is -1.41. The number of esters is 1. The number of rotatable bonds is 6. The van der Waals surface area contributed by atoms with Gasteiger partial charge < -0.3 is 31.2 Å². The largest absolute Gasteiger partial charge is 0.462 e. The van der Waals surface area contributed by atoms with Crippen molar-refractivity contribution in [2.75, 3.05) is 12.3 Å². The van der Waals surface area contributed by atoms with Gasteiger partial charge in [0, 0.05) is 6.20 Å². The molecule has 0 spiro atoms. The van der Waals surface area contributed by atoms with Crippen LogP contribution in [0.2, 0.25) is 0 Å². The maximum atomic E-state index is 12.1. The van der Waals surface area contributed by atoms with Gasteiger partial charge in [-0.3, -0.25) is 9.36 Å². The molecule has 2 heterocycles. The quantitative estimate of drug-likeness (QED) is 0.432. The highest BCUT2D eigenvalue weighted by molar-refractivity contribution is 5.75. The number of aliphatic hydroxyl groups excluding tert-OH is 2. The second-order valence-corrected chi connectivity index (χ2v) is 6.51. The summed E-state index contributed by atoms with van der Waals surface area (Å²) in [6.45, 7) is -0.326. The Hall–Kier alpha value is -2.79. The number of benzene rings is 1. The van der Waals surface area contributed by atoms with Crippen LogP contribution in [-0.4, -0.2) is 56.7 Å². The summed E-state index contributed by atoms with van der Waals surface area (Å²) in [5.41, 5.74) is 11.4. The highest BCUT2D eigenvalue weighted by Crippen LogP contribution is 2.28. The number of nitrogens with two attached hydrogens (primary N) is 2. The first kappa shape index (κ1) is 20.0. The van der Waals surface area contributed by atoms with Crippen LogP contribution in [0, 0.1) is 0 Å². The highest BCUT2D eigenvalue weighted by Gasteiger charge is 2.44. The van der Waals surface area contributed by atoms with E-state index in [-0.39, 0.29) is 12.4 Å². The Balaban J connectivity index is 1.58. The van der Waals surface area contributed by atoms with Gasteiger partial charge in [0.1, 0.15) is 36.8 Å². The minimum Gasteiger partial charge on any atom is -0.462 e. The van der Waals surface area contributed by atoms with Crippen LogP contribution < -0.4 is 17.2 Å². The van der Waals surface area contributed by atoms with E-state index in [1.54, 1.807) is 0 Å². The summed E-state index contributed by atoms with van der Waals surface area (Å²) in [7, 11) is 0. The molecule has 0 saturated carbocycles. The predicted molar refractivity (Wildman–Crippen MR) is 97.9 cm³/mol. The number of aliphatic hydroxyl groups is 2. The molecule has 1 saturated heterocycles. The fraction of sp³-hybridized carbons (Fsp3) is 0.389. The summed E-state index contributed by atoms with van der Waals surface area (Å²) < 4.78 is 11.6. The zero-order valence-electron chi connectivity index (χ0n) is 14.9. The van der Waals surface area contributed by atoms with E-state index in [2.05, 4.69) is 4.98 Å². The topological polar surface area (TPSA) is 163 Å². The Labute approximate surface area is 160 Å². The van der Waals surface area contributed by atoms with Crippen molar-refractivity contribution in [2.24, 2.45) is 5.73 Å². The summed E-state index contributed by atoms with van der Waals surface area (Å²) in [5.74, 6) is -0.643. The first-order chi connectivity index (χ1) is 13.4. The van der Waals surface area contributed by atoms with E-state index in [9.17, 15) is 19.8 Å². The predicted octanol–water partition coefficient (Wildman–Crippen LogP) is -1.44. The van der Waals surface area contributed by atoms with Crippen LogP contribution in [0.4, 0.5) is 5.82 Å². The Morgan fingerprint density at radius 3 is 2.64 bits per heavy atom. The van der Waals surface area contributed by atoms with Gasteiger partial charge in [-0.25, -0.2) is 4.79 Å². The van der Waals surface area contributed by atoms with Crippen LogP contribution in [0.1, 0.15) is 11.8 Å². The molecule has 150 valence electrons. The third-order valence-corrected chi connectivity index (χ3v) is 4.45. The summed E-state index contributed by atoms with van der Waals surface area (Å²) in [6.07, 6.45) is -3.40. The first-order valence-corrected chi connectivity index (χ1v) is 8.69. The number of nitrogens with zero attached hydrogens (tertiary/aromatic N) is 2. The SMILES string of the molecule is Nc1ccn(C2O[C@H](COC(=O)[C@@H](N)Cc3ccccc3)[C@H](O)[C@@H]2O)c(=O)n1. The van der Waals surface area contributed by atoms with Gasteiger partial charge in [-0.1, -0.05) is 30.3 Å². The van der Waals surface area contributed by atoms with E-state index in [1.807, 2.05) is 30.3 Å². The van der Waals surface area contributed by atoms with Gasteiger partial charge in [-0.05, 0) is 18.1 Å². The molecule has 2 aromatic rings. The van der Waals surface area contributed by atoms with Crippen LogP contribution in [0.15, 0.2) is 47.4 Å². The molecule has 1 aliphatic heterocycles. The standard InChI is InChI=1S/C18H22N4O6/c19-11(8-10-4-2-1-3-5-10)17(25)27-9-12-14(23)15(24)16(28-12)22-7-6-13(20)21-18(22)26/h1-7,11-12,14-16,23-24H,8-9,19H2,(H2,20,21,26)/t11-,12+,14-,15-,16?/m0/s1. The molecule has 28 heavy (non-hydrogen) atoms. The van der Waals surface area contributed by atoms with Gasteiger partial charge in [-0.2, -0.15) is 4.98 Å². The molecule has 0 amide bonds. The van der Waals surface area contributed by atoms with E-state index < -0.39 is 42.2 Å². The van der Waals surface area contributed by atoms with E-state index in [4.69, 9.17) is 20.9 Å². The molecule has 0 bridgehead atoms. The maximum Gasteiger partial charge on any atom is 0.351 e. The lowest BCUT2D eigenvalue weighted by atomic mass is 10.1. The zero-order valence-corrected chi connectivity index (χ0v) is 14.9.